The van der Waals surface area contributed by atoms with Crippen LogP contribution in [0.1, 0.15) is 48.7 Å². The fraction of sp³-hybridized carbons (Fsp3) is 0.122. The lowest BCUT2D eigenvalue weighted by Gasteiger charge is -2.05. The molecule has 6 heterocycles. The summed E-state index contributed by atoms with van der Waals surface area (Å²) < 4.78 is 11.3. The van der Waals surface area contributed by atoms with E-state index in [1.165, 1.54) is 0 Å². The monoisotopic (exact) mass is 723 g/mol. The number of rotatable bonds is 6. The van der Waals surface area contributed by atoms with E-state index >= 15 is 0 Å². The second-order valence-electron chi connectivity index (χ2n) is 12.3. The highest BCUT2D eigenvalue weighted by molar-refractivity contribution is 6.67. The molecule has 53 heavy (non-hydrogen) atoms. The van der Waals surface area contributed by atoms with Crippen LogP contribution in [0.5, 0.6) is 0 Å². The number of ketones is 1. The lowest BCUT2D eigenvalue weighted by Crippen LogP contribution is -2.06. The second kappa shape index (κ2) is 16.2. The van der Waals surface area contributed by atoms with Gasteiger partial charge in [-0.3, -0.25) is 14.6 Å². The molecule has 0 aliphatic rings. The normalized spacial score (nSPS) is 10.7. The van der Waals surface area contributed by atoms with Gasteiger partial charge in [0.25, 0.3) is 5.24 Å². The van der Waals surface area contributed by atoms with E-state index < -0.39 is 5.24 Å². The predicted octanol–water partition coefficient (Wildman–Crippen LogP) is 8.88. The number of hydrogen-bond donors (Lipinski definition) is 1. The molecule has 0 unspecified atom stereocenters. The molecular weight excluding hydrogens is 690 g/mol. The molecule has 0 fully saturated rings. The number of nitrogens with two attached hydrogens (primary N) is 1. The van der Waals surface area contributed by atoms with Crippen molar-refractivity contribution >= 4 is 50.9 Å². The standard InChI is InChI=1S/C21H17N3O2.C11H8N4O.C9H9ClO/c1-13-8-14(2)10-16(9-13)18(25)12-17-11-15(5-7-22-17)21-24-20-19(26-21)4-3-6-23-20;12-9-6-7(3-5-13-9)11-15-10-8(16-11)2-1-4-14-10;1-6-3-7(2)5-8(4-6)9(10)11/h3-11H,12H2,1-2H3;1-6H,(H2,12,13);3-5H,1-2H3. The molecule has 0 amide bonds. The number of Topliss-reactive ketones (excluding diaryl/α,β-unsaturated/α-hetero) is 1. The molecular formula is C41H34ClN7O4. The van der Waals surface area contributed by atoms with Crippen LogP contribution < -0.4 is 5.73 Å². The summed E-state index contributed by atoms with van der Waals surface area (Å²) in [4.78, 5) is 48.5. The SMILES string of the molecule is Cc1cc(C)cc(C(=O)Cc2cc(-c3nc4ncccc4o3)ccn2)c1.Cc1cc(C)cc(C(=O)Cl)c1.Nc1cc(-c2nc3ncccc3o2)ccn1. The third kappa shape index (κ3) is 9.40. The number of carbonyl (C=O) groups excluding carboxylic acids is 2. The Morgan fingerprint density at radius 1 is 0.604 bits per heavy atom. The summed E-state index contributed by atoms with van der Waals surface area (Å²) in [6.07, 6.45) is 6.87. The van der Waals surface area contributed by atoms with E-state index in [0.717, 1.165) is 33.4 Å². The highest BCUT2D eigenvalue weighted by Crippen LogP contribution is 2.25. The number of nitrogen functional groups attached to an aromatic ring is 1. The van der Waals surface area contributed by atoms with E-state index in [1.54, 1.807) is 61.2 Å². The first-order chi connectivity index (χ1) is 25.5. The first-order valence-corrected chi connectivity index (χ1v) is 16.9. The second-order valence-corrected chi connectivity index (χ2v) is 12.7. The Bertz CT molecular complexity index is 2470. The van der Waals surface area contributed by atoms with Crippen LogP contribution in [0.2, 0.25) is 0 Å². The topological polar surface area (TPSA) is 164 Å². The van der Waals surface area contributed by atoms with Crippen molar-refractivity contribution in [3.05, 3.63) is 149 Å². The number of pyridine rings is 4. The van der Waals surface area contributed by atoms with Crippen LogP contribution in [-0.4, -0.2) is 40.9 Å². The van der Waals surface area contributed by atoms with Crippen LogP contribution in [0.25, 0.3) is 45.4 Å². The molecule has 8 aromatic rings. The summed E-state index contributed by atoms with van der Waals surface area (Å²) >= 11 is 5.31. The summed E-state index contributed by atoms with van der Waals surface area (Å²) in [5.41, 5.74) is 15.9. The van der Waals surface area contributed by atoms with E-state index in [1.807, 2.05) is 70.2 Å². The van der Waals surface area contributed by atoms with Gasteiger partial charge in [-0.25, -0.2) is 15.0 Å². The van der Waals surface area contributed by atoms with Gasteiger partial charge in [-0.2, -0.15) is 9.97 Å². The smallest absolute Gasteiger partial charge is 0.252 e. The third-order valence-electron chi connectivity index (χ3n) is 7.76. The Labute approximate surface area is 310 Å². The van der Waals surface area contributed by atoms with Crippen molar-refractivity contribution in [2.75, 3.05) is 5.73 Å². The minimum Gasteiger partial charge on any atom is -0.434 e. The van der Waals surface area contributed by atoms with Gasteiger partial charge in [-0.05, 0) is 112 Å². The zero-order chi connectivity index (χ0) is 37.5. The van der Waals surface area contributed by atoms with E-state index in [4.69, 9.17) is 26.2 Å². The van der Waals surface area contributed by atoms with Gasteiger partial charge in [0.1, 0.15) is 5.82 Å². The number of anilines is 1. The van der Waals surface area contributed by atoms with Crippen LogP contribution in [0.4, 0.5) is 5.82 Å². The Morgan fingerprint density at radius 2 is 1.09 bits per heavy atom. The predicted molar refractivity (Wildman–Crippen MR) is 205 cm³/mol. The summed E-state index contributed by atoms with van der Waals surface area (Å²) in [7, 11) is 0. The zero-order valence-corrected chi connectivity index (χ0v) is 30.1. The largest absolute Gasteiger partial charge is 0.434 e. The van der Waals surface area contributed by atoms with Crippen molar-refractivity contribution in [3.8, 4) is 22.9 Å². The maximum Gasteiger partial charge on any atom is 0.252 e. The number of benzene rings is 2. The number of carbonyl (C=O) groups is 2. The maximum absolute atomic E-state index is 12.6. The van der Waals surface area contributed by atoms with Gasteiger partial charge < -0.3 is 14.6 Å². The van der Waals surface area contributed by atoms with Crippen LogP contribution in [0, 0.1) is 27.7 Å². The lowest BCUT2D eigenvalue weighted by molar-refractivity contribution is 0.0991. The van der Waals surface area contributed by atoms with Gasteiger partial charge in [0, 0.05) is 52.7 Å². The Hall–Kier alpha value is -6.59. The number of nitrogens with zero attached hydrogens (tertiary/aromatic N) is 6. The fourth-order valence-electron chi connectivity index (χ4n) is 5.56. The van der Waals surface area contributed by atoms with Gasteiger partial charge >= 0.3 is 0 Å². The Morgan fingerprint density at radius 3 is 1.58 bits per heavy atom. The average Bonchev–Trinajstić information content (AvgIpc) is 3.77. The molecule has 11 nitrogen and oxygen atoms in total. The van der Waals surface area contributed by atoms with E-state index in [2.05, 4.69) is 36.0 Å². The summed E-state index contributed by atoms with van der Waals surface area (Å²) in [5, 5.41) is -0.392. The molecule has 2 aromatic carbocycles. The Balaban J connectivity index is 0.000000151. The summed E-state index contributed by atoms with van der Waals surface area (Å²) in [6.45, 7) is 7.86. The molecule has 0 aliphatic carbocycles. The highest BCUT2D eigenvalue weighted by atomic mass is 35.5. The van der Waals surface area contributed by atoms with E-state index in [0.29, 0.717) is 56.9 Å². The van der Waals surface area contributed by atoms with Gasteiger partial charge in [0.2, 0.25) is 11.8 Å². The van der Waals surface area contributed by atoms with Crippen molar-refractivity contribution in [2.24, 2.45) is 0 Å². The third-order valence-corrected chi connectivity index (χ3v) is 7.97. The molecule has 12 heteroatoms. The number of fused-ring (bicyclic) bond motifs is 2. The zero-order valence-electron chi connectivity index (χ0n) is 29.4. The first-order valence-electron chi connectivity index (χ1n) is 16.5. The Kier molecular flexibility index (Phi) is 11.1. The van der Waals surface area contributed by atoms with Crippen LogP contribution in [0.3, 0.4) is 0 Å². The number of aromatic nitrogens is 6. The quantitative estimate of drug-likeness (QED) is 0.129. The van der Waals surface area contributed by atoms with E-state index in [9.17, 15) is 9.59 Å². The molecule has 0 spiro atoms. The molecule has 264 valence electrons. The molecule has 6 aromatic heterocycles. The highest BCUT2D eigenvalue weighted by Gasteiger charge is 2.13. The lowest BCUT2D eigenvalue weighted by atomic mass is 10.0. The molecule has 2 N–H and O–H groups in total. The van der Waals surface area contributed by atoms with Crippen molar-refractivity contribution in [2.45, 2.75) is 34.1 Å². The first kappa shape index (κ1) is 36.2. The summed E-state index contributed by atoms with van der Waals surface area (Å²) in [5.74, 6) is 1.46. The number of oxazole rings is 2. The van der Waals surface area contributed by atoms with E-state index in [-0.39, 0.29) is 12.2 Å². The number of aryl methyl sites for hydroxylation is 4. The maximum atomic E-state index is 12.6. The van der Waals surface area contributed by atoms with Crippen LogP contribution >= 0.6 is 11.6 Å². The van der Waals surface area contributed by atoms with Gasteiger partial charge in [-0.15, -0.1) is 0 Å². The summed E-state index contributed by atoms with van der Waals surface area (Å²) in [6, 6.07) is 25.8. The van der Waals surface area contributed by atoms with Crippen LogP contribution in [-0.2, 0) is 6.42 Å². The van der Waals surface area contributed by atoms with Gasteiger partial charge in [0.15, 0.2) is 28.2 Å². The van der Waals surface area contributed by atoms with Crippen molar-refractivity contribution in [3.63, 3.8) is 0 Å². The minimum atomic E-state index is -0.392. The fourth-order valence-corrected chi connectivity index (χ4v) is 5.67. The van der Waals surface area contributed by atoms with Crippen molar-refractivity contribution < 1.29 is 18.4 Å². The molecule has 8 rings (SSSR count). The van der Waals surface area contributed by atoms with Gasteiger partial charge in [0.05, 0.1) is 6.42 Å². The molecule has 0 bridgehead atoms. The number of hydrogen-bond acceptors (Lipinski definition) is 11. The molecule has 0 saturated carbocycles. The number of halogens is 1. The van der Waals surface area contributed by atoms with Crippen LogP contribution in [0.15, 0.2) is 119 Å². The van der Waals surface area contributed by atoms with Crippen molar-refractivity contribution in [1.29, 1.82) is 0 Å². The molecule has 0 atom stereocenters. The average molecular weight is 724 g/mol. The molecule has 0 radical (unpaired) electrons. The molecule has 0 aliphatic heterocycles. The van der Waals surface area contributed by atoms with Crippen molar-refractivity contribution in [1.82, 2.24) is 29.9 Å². The minimum absolute atomic E-state index is 0.0423. The van der Waals surface area contributed by atoms with Gasteiger partial charge in [-0.1, -0.05) is 34.4 Å². The molecule has 0 saturated heterocycles.